The number of alkyl halides is 2. The van der Waals surface area contributed by atoms with Crippen molar-refractivity contribution in [2.75, 3.05) is 13.3 Å². The molecule has 20 heavy (non-hydrogen) atoms. The third-order valence-corrected chi connectivity index (χ3v) is 3.29. The Morgan fingerprint density at radius 3 is 2.95 bits per heavy atom. The van der Waals surface area contributed by atoms with E-state index in [2.05, 4.69) is 10.3 Å². The number of fused-ring (bicyclic) bond motifs is 1. The van der Waals surface area contributed by atoms with Gasteiger partial charge in [-0.1, -0.05) is 6.92 Å². The summed E-state index contributed by atoms with van der Waals surface area (Å²) in [4.78, 5) is 4.19. The van der Waals surface area contributed by atoms with Crippen LogP contribution in [0.2, 0.25) is 0 Å². The molecule has 0 aliphatic carbocycles. The van der Waals surface area contributed by atoms with Gasteiger partial charge in [0.15, 0.2) is 0 Å². The highest BCUT2D eigenvalue weighted by Gasteiger charge is 2.28. The molecule has 0 bridgehead atoms. The molecule has 2 unspecified atom stereocenters. The van der Waals surface area contributed by atoms with Gasteiger partial charge < -0.3 is 9.67 Å². The van der Waals surface area contributed by atoms with E-state index in [4.69, 9.17) is 0 Å². The molecule has 0 spiro atoms. The van der Waals surface area contributed by atoms with Gasteiger partial charge in [0.1, 0.15) is 12.4 Å². The zero-order valence-electron chi connectivity index (χ0n) is 11.4. The number of hydrogen-bond donors (Lipinski definition) is 2. The van der Waals surface area contributed by atoms with Crippen molar-refractivity contribution >= 4 is 11.0 Å². The van der Waals surface area contributed by atoms with Crippen LogP contribution in [-0.2, 0) is 6.67 Å². The van der Waals surface area contributed by atoms with Crippen LogP contribution in [0, 0.1) is 5.92 Å². The molecule has 2 rings (SSSR count). The van der Waals surface area contributed by atoms with Crippen LogP contribution in [0.5, 0.6) is 0 Å². The van der Waals surface area contributed by atoms with Crippen molar-refractivity contribution in [3.8, 4) is 0 Å². The summed E-state index contributed by atoms with van der Waals surface area (Å²) in [5, 5.41) is 12.9. The largest absolute Gasteiger partial charge is 0.373 e. The number of aliphatic hydroxyl groups is 1. The SMILES string of the molecule is CC(CF)CC(O)(CF)NCn1ccc2ncccc21. The van der Waals surface area contributed by atoms with Crippen molar-refractivity contribution < 1.29 is 13.9 Å². The van der Waals surface area contributed by atoms with Gasteiger partial charge in [-0.25, -0.2) is 4.39 Å². The molecule has 0 fully saturated rings. The molecule has 0 aliphatic heterocycles. The van der Waals surface area contributed by atoms with Crippen LogP contribution in [0.1, 0.15) is 13.3 Å². The molecule has 2 heterocycles. The van der Waals surface area contributed by atoms with Gasteiger partial charge in [0, 0.05) is 12.4 Å². The van der Waals surface area contributed by atoms with Crippen LogP contribution >= 0.6 is 0 Å². The minimum absolute atomic E-state index is 0.0252. The summed E-state index contributed by atoms with van der Waals surface area (Å²) in [6.07, 6.45) is 3.53. The second-order valence-electron chi connectivity index (χ2n) is 5.16. The second kappa shape index (κ2) is 6.28. The van der Waals surface area contributed by atoms with Crippen LogP contribution in [0.25, 0.3) is 11.0 Å². The average Bonchev–Trinajstić information content (AvgIpc) is 2.88. The van der Waals surface area contributed by atoms with Crippen molar-refractivity contribution in [2.24, 2.45) is 5.92 Å². The molecule has 2 aromatic rings. The van der Waals surface area contributed by atoms with E-state index >= 15 is 0 Å². The Morgan fingerprint density at radius 2 is 2.25 bits per heavy atom. The third-order valence-electron chi connectivity index (χ3n) is 3.29. The number of aromatic nitrogens is 2. The number of hydrogen-bond acceptors (Lipinski definition) is 3. The lowest BCUT2D eigenvalue weighted by molar-refractivity contribution is -0.0435. The lowest BCUT2D eigenvalue weighted by atomic mass is 10.0. The Morgan fingerprint density at radius 1 is 1.45 bits per heavy atom. The highest BCUT2D eigenvalue weighted by Crippen LogP contribution is 2.17. The molecule has 0 saturated heterocycles. The van der Waals surface area contributed by atoms with E-state index in [9.17, 15) is 13.9 Å². The fourth-order valence-corrected chi connectivity index (χ4v) is 2.20. The maximum absolute atomic E-state index is 13.0. The van der Waals surface area contributed by atoms with Crippen molar-refractivity contribution in [2.45, 2.75) is 25.7 Å². The molecule has 0 aliphatic rings. The summed E-state index contributed by atoms with van der Waals surface area (Å²) in [6.45, 7) is 0.320. The molecule has 2 atom stereocenters. The van der Waals surface area contributed by atoms with Crippen molar-refractivity contribution in [1.82, 2.24) is 14.9 Å². The summed E-state index contributed by atoms with van der Waals surface area (Å²) in [6, 6.07) is 5.55. The molecule has 0 radical (unpaired) electrons. The average molecular weight is 283 g/mol. The fraction of sp³-hybridized carbons (Fsp3) is 0.500. The molecule has 0 saturated carbocycles. The maximum Gasteiger partial charge on any atom is 0.146 e. The number of nitrogens with one attached hydrogen (secondary N) is 1. The summed E-state index contributed by atoms with van der Waals surface area (Å²) in [5.41, 5.74) is 0.0135. The third kappa shape index (κ3) is 3.32. The van der Waals surface area contributed by atoms with Gasteiger partial charge in [-0.15, -0.1) is 0 Å². The van der Waals surface area contributed by atoms with Crippen molar-refractivity contribution in [3.05, 3.63) is 30.6 Å². The van der Waals surface area contributed by atoms with E-state index in [-0.39, 0.29) is 13.1 Å². The first-order valence-electron chi connectivity index (χ1n) is 6.57. The molecule has 110 valence electrons. The number of halogens is 2. The van der Waals surface area contributed by atoms with E-state index in [1.807, 2.05) is 29.0 Å². The van der Waals surface area contributed by atoms with E-state index in [0.29, 0.717) is 0 Å². The minimum atomic E-state index is -1.70. The van der Waals surface area contributed by atoms with Crippen molar-refractivity contribution in [3.63, 3.8) is 0 Å². The van der Waals surface area contributed by atoms with Crippen LogP contribution in [0.3, 0.4) is 0 Å². The second-order valence-corrected chi connectivity index (χ2v) is 5.16. The fourth-order valence-electron chi connectivity index (χ4n) is 2.20. The Kier molecular flexibility index (Phi) is 4.67. The molecule has 0 amide bonds. The highest BCUT2D eigenvalue weighted by atomic mass is 19.1. The summed E-state index contributed by atoms with van der Waals surface area (Å²) >= 11 is 0. The molecule has 4 nitrogen and oxygen atoms in total. The van der Waals surface area contributed by atoms with Gasteiger partial charge in [0.05, 0.1) is 24.4 Å². The van der Waals surface area contributed by atoms with Gasteiger partial charge in [-0.3, -0.25) is 14.7 Å². The lowest BCUT2D eigenvalue weighted by Crippen LogP contribution is -2.49. The normalized spacial score (nSPS) is 16.2. The monoisotopic (exact) mass is 283 g/mol. The van der Waals surface area contributed by atoms with Gasteiger partial charge >= 0.3 is 0 Å². The molecule has 6 heteroatoms. The maximum atomic E-state index is 13.0. The van der Waals surface area contributed by atoms with Crippen LogP contribution in [0.15, 0.2) is 30.6 Å². The van der Waals surface area contributed by atoms with Gasteiger partial charge in [-0.05, 0) is 30.5 Å². The molecule has 0 aromatic carbocycles. The number of rotatable bonds is 7. The van der Waals surface area contributed by atoms with E-state index in [1.165, 1.54) is 0 Å². The first-order chi connectivity index (χ1) is 9.58. The number of pyridine rings is 1. The smallest absolute Gasteiger partial charge is 0.146 e. The highest BCUT2D eigenvalue weighted by molar-refractivity contribution is 5.75. The zero-order chi connectivity index (χ0) is 14.6. The van der Waals surface area contributed by atoms with Crippen molar-refractivity contribution in [1.29, 1.82) is 0 Å². The Labute approximate surface area is 116 Å². The van der Waals surface area contributed by atoms with E-state index in [1.54, 1.807) is 13.1 Å². The number of nitrogens with zero attached hydrogens (tertiary/aromatic N) is 2. The van der Waals surface area contributed by atoms with E-state index < -0.39 is 25.0 Å². The van der Waals surface area contributed by atoms with Crippen LogP contribution < -0.4 is 5.32 Å². The van der Waals surface area contributed by atoms with Gasteiger partial charge in [0.25, 0.3) is 0 Å². The first-order valence-corrected chi connectivity index (χ1v) is 6.57. The zero-order valence-corrected chi connectivity index (χ0v) is 11.4. The van der Waals surface area contributed by atoms with Crippen LogP contribution in [0.4, 0.5) is 8.78 Å². The summed E-state index contributed by atoms with van der Waals surface area (Å²) in [5.74, 6) is -0.397. The lowest BCUT2D eigenvalue weighted by Gasteiger charge is -2.28. The van der Waals surface area contributed by atoms with Crippen LogP contribution in [-0.4, -0.2) is 33.7 Å². The minimum Gasteiger partial charge on any atom is -0.373 e. The van der Waals surface area contributed by atoms with E-state index in [0.717, 1.165) is 11.0 Å². The summed E-state index contributed by atoms with van der Waals surface area (Å²) in [7, 11) is 0. The predicted molar refractivity (Wildman–Crippen MR) is 73.5 cm³/mol. The quantitative estimate of drug-likeness (QED) is 0.766. The first kappa shape index (κ1) is 14.9. The summed E-state index contributed by atoms with van der Waals surface area (Å²) < 4.78 is 27.3. The predicted octanol–water partition coefficient (Wildman–Crippen LogP) is 2.24. The standard InChI is InChI=1S/C14H19F2N3O/c1-11(8-15)7-14(20,9-16)18-10-19-6-4-12-13(19)3-2-5-17-12/h2-6,11,18,20H,7-10H2,1H3. The molecular weight excluding hydrogens is 264 g/mol. The molecular formula is C14H19F2N3O. The Hall–Kier alpha value is -1.53. The molecule has 2 aromatic heterocycles. The Balaban J connectivity index is 2.06. The van der Waals surface area contributed by atoms with Gasteiger partial charge in [0.2, 0.25) is 0 Å². The topological polar surface area (TPSA) is 50.1 Å². The van der Waals surface area contributed by atoms with Gasteiger partial charge in [-0.2, -0.15) is 0 Å². The molecule has 2 N–H and O–H groups in total. The Bertz CT molecular complexity index is 560.